The zero-order valence-electron chi connectivity index (χ0n) is 11.5. The summed E-state index contributed by atoms with van der Waals surface area (Å²) in [7, 11) is 0. The monoisotopic (exact) mass is 360 g/mol. The summed E-state index contributed by atoms with van der Waals surface area (Å²) in [6.07, 6.45) is 1.84. The normalized spacial score (nSPS) is 29.9. The molecule has 0 spiro atoms. The van der Waals surface area contributed by atoms with Crippen molar-refractivity contribution >= 4 is 21.8 Å². The smallest absolute Gasteiger partial charge is 0.262 e. The molecule has 2 atom stereocenters. The minimum atomic E-state index is -2.66. The van der Waals surface area contributed by atoms with Gasteiger partial charge in [-0.25, -0.2) is 8.78 Å². The standard InChI is InChI=1S/C14H15BrF2N2O2/c1-13-3-5-19(7-9(13)14(13,16)17)10(20)6-8-2-4-18-12(21)11(8)15/h2,4,9H,3,5-7H2,1H3,(H,18,21). The minimum Gasteiger partial charge on any atom is -0.342 e. The third-order valence-electron chi connectivity index (χ3n) is 4.86. The van der Waals surface area contributed by atoms with Crippen molar-refractivity contribution in [2.75, 3.05) is 13.1 Å². The number of halogens is 3. The Hall–Kier alpha value is -1.24. The molecule has 7 heteroatoms. The molecule has 1 aromatic rings. The highest BCUT2D eigenvalue weighted by Crippen LogP contribution is 2.69. The molecule has 1 saturated carbocycles. The molecule has 4 nitrogen and oxygen atoms in total. The number of nitrogens with zero attached hydrogens (tertiary/aromatic N) is 1. The van der Waals surface area contributed by atoms with E-state index >= 15 is 0 Å². The lowest BCUT2D eigenvalue weighted by molar-refractivity contribution is -0.131. The highest BCUT2D eigenvalue weighted by Gasteiger charge is 2.78. The van der Waals surface area contributed by atoms with E-state index in [4.69, 9.17) is 0 Å². The maximum Gasteiger partial charge on any atom is 0.262 e. The maximum atomic E-state index is 13.7. The average Bonchev–Trinajstić information content (AvgIpc) is 2.88. The Morgan fingerprint density at radius 1 is 1.57 bits per heavy atom. The van der Waals surface area contributed by atoms with Gasteiger partial charge in [0.15, 0.2) is 0 Å². The van der Waals surface area contributed by atoms with Gasteiger partial charge in [0, 0.05) is 24.7 Å². The Bertz CT molecular complexity index is 661. The van der Waals surface area contributed by atoms with E-state index in [1.165, 1.54) is 11.1 Å². The van der Waals surface area contributed by atoms with Crippen molar-refractivity contribution < 1.29 is 13.6 Å². The fourth-order valence-electron chi connectivity index (χ4n) is 3.15. The molecule has 0 radical (unpaired) electrons. The van der Waals surface area contributed by atoms with E-state index in [0.717, 1.165) is 0 Å². The quantitative estimate of drug-likeness (QED) is 0.878. The van der Waals surface area contributed by atoms with Crippen molar-refractivity contribution in [2.24, 2.45) is 11.3 Å². The van der Waals surface area contributed by atoms with E-state index in [9.17, 15) is 18.4 Å². The number of aromatic nitrogens is 1. The van der Waals surface area contributed by atoms with Gasteiger partial charge in [-0.2, -0.15) is 0 Å². The fraction of sp³-hybridized carbons (Fsp3) is 0.571. The number of nitrogens with one attached hydrogen (secondary N) is 1. The molecule has 21 heavy (non-hydrogen) atoms. The first-order chi connectivity index (χ1) is 9.77. The van der Waals surface area contributed by atoms with Crippen LogP contribution in [-0.4, -0.2) is 34.8 Å². The second-order valence-electron chi connectivity index (χ2n) is 6.01. The minimum absolute atomic E-state index is 0.0412. The first-order valence-corrected chi connectivity index (χ1v) is 7.58. The fourth-order valence-corrected chi connectivity index (χ4v) is 3.54. The summed E-state index contributed by atoms with van der Waals surface area (Å²) >= 11 is 3.14. The van der Waals surface area contributed by atoms with Gasteiger partial charge in [0.2, 0.25) is 5.91 Å². The van der Waals surface area contributed by atoms with Gasteiger partial charge >= 0.3 is 0 Å². The van der Waals surface area contributed by atoms with Gasteiger partial charge in [-0.05, 0) is 34.0 Å². The number of rotatable bonds is 2. The zero-order valence-corrected chi connectivity index (χ0v) is 13.0. The van der Waals surface area contributed by atoms with Crippen LogP contribution in [0.15, 0.2) is 21.5 Å². The van der Waals surface area contributed by atoms with Crippen LogP contribution in [0.1, 0.15) is 18.9 Å². The first kappa shape index (κ1) is 14.7. The summed E-state index contributed by atoms with van der Waals surface area (Å²) in [6, 6.07) is 1.64. The molecule has 0 bridgehead atoms. The average molecular weight is 361 g/mol. The van der Waals surface area contributed by atoms with Crippen molar-refractivity contribution in [3.63, 3.8) is 0 Å². The molecule has 2 unspecified atom stereocenters. The number of pyridine rings is 1. The lowest BCUT2D eigenvalue weighted by Gasteiger charge is -2.28. The Morgan fingerprint density at radius 2 is 2.29 bits per heavy atom. The van der Waals surface area contributed by atoms with Crippen LogP contribution in [0, 0.1) is 11.3 Å². The van der Waals surface area contributed by atoms with Crippen molar-refractivity contribution in [3.05, 3.63) is 32.7 Å². The maximum absolute atomic E-state index is 13.7. The van der Waals surface area contributed by atoms with E-state index in [1.54, 1.807) is 13.0 Å². The molecule has 1 aliphatic carbocycles. The number of fused-ring (bicyclic) bond motifs is 1. The SMILES string of the molecule is CC12CCN(C(=O)Cc3cc[nH]c(=O)c3Br)CC1C2(F)F. The topological polar surface area (TPSA) is 53.2 Å². The molecule has 2 heterocycles. The first-order valence-electron chi connectivity index (χ1n) is 6.79. The third-order valence-corrected chi connectivity index (χ3v) is 5.73. The molecular weight excluding hydrogens is 346 g/mol. The molecule has 114 valence electrons. The number of amides is 1. The van der Waals surface area contributed by atoms with Gasteiger partial charge in [-0.1, -0.05) is 6.92 Å². The van der Waals surface area contributed by atoms with Crippen LogP contribution in [0.5, 0.6) is 0 Å². The molecule has 1 aromatic heterocycles. The molecule has 1 saturated heterocycles. The van der Waals surface area contributed by atoms with Crippen molar-refractivity contribution in [1.82, 2.24) is 9.88 Å². The van der Waals surface area contributed by atoms with E-state index in [0.29, 0.717) is 23.0 Å². The van der Waals surface area contributed by atoms with Gasteiger partial charge in [0.1, 0.15) is 0 Å². The molecule has 2 aliphatic rings. The van der Waals surface area contributed by atoms with E-state index < -0.39 is 17.3 Å². The number of piperidine rings is 1. The highest BCUT2D eigenvalue weighted by atomic mass is 79.9. The Balaban J connectivity index is 1.70. The molecule has 1 amide bonds. The summed E-state index contributed by atoms with van der Waals surface area (Å²) in [5.74, 6) is -3.61. The van der Waals surface area contributed by atoms with Gasteiger partial charge in [0.05, 0.1) is 16.8 Å². The lowest BCUT2D eigenvalue weighted by atomic mass is 9.97. The van der Waals surface area contributed by atoms with E-state index in [-0.39, 0.29) is 24.4 Å². The van der Waals surface area contributed by atoms with Crippen molar-refractivity contribution in [1.29, 1.82) is 0 Å². The second kappa shape index (κ2) is 4.63. The molecule has 2 fully saturated rings. The molecule has 1 aliphatic heterocycles. The van der Waals surface area contributed by atoms with Crippen LogP contribution >= 0.6 is 15.9 Å². The molecule has 3 rings (SSSR count). The number of carbonyl (C=O) groups excluding carboxylic acids is 1. The predicted molar refractivity (Wildman–Crippen MR) is 76.2 cm³/mol. The van der Waals surface area contributed by atoms with Crippen LogP contribution in [0.4, 0.5) is 8.78 Å². The van der Waals surface area contributed by atoms with Crippen LogP contribution in [0.3, 0.4) is 0 Å². The molecule has 1 N–H and O–H groups in total. The Kier molecular flexibility index (Phi) is 3.24. The van der Waals surface area contributed by atoms with Crippen LogP contribution in [0.25, 0.3) is 0 Å². The van der Waals surface area contributed by atoms with Gasteiger partial charge in [0.25, 0.3) is 11.5 Å². The Labute approximate surface area is 128 Å². The summed E-state index contributed by atoms with van der Waals surface area (Å²) < 4.78 is 27.7. The van der Waals surface area contributed by atoms with Crippen molar-refractivity contribution in [2.45, 2.75) is 25.7 Å². The zero-order chi connectivity index (χ0) is 15.4. The number of aromatic amines is 1. The summed E-state index contributed by atoms with van der Waals surface area (Å²) in [6.45, 7) is 2.04. The number of hydrogen-bond acceptors (Lipinski definition) is 2. The number of likely N-dealkylation sites (tertiary alicyclic amines) is 1. The second-order valence-corrected chi connectivity index (χ2v) is 6.80. The number of carbonyl (C=O) groups is 1. The lowest BCUT2D eigenvalue weighted by Crippen LogP contribution is -2.39. The van der Waals surface area contributed by atoms with Crippen LogP contribution < -0.4 is 5.56 Å². The Morgan fingerprint density at radius 3 is 2.95 bits per heavy atom. The predicted octanol–water partition coefficient (Wildman–Crippen LogP) is 2.18. The van der Waals surface area contributed by atoms with E-state index in [2.05, 4.69) is 20.9 Å². The number of H-pyrrole nitrogens is 1. The molecule has 0 aromatic carbocycles. The van der Waals surface area contributed by atoms with E-state index in [1.807, 2.05) is 0 Å². The summed E-state index contributed by atoms with van der Waals surface area (Å²) in [5.41, 5.74) is -0.672. The summed E-state index contributed by atoms with van der Waals surface area (Å²) in [4.78, 5) is 27.7. The largest absolute Gasteiger partial charge is 0.342 e. The van der Waals surface area contributed by atoms with Gasteiger partial charge in [-0.3, -0.25) is 9.59 Å². The third kappa shape index (κ3) is 2.13. The van der Waals surface area contributed by atoms with Crippen LogP contribution in [0.2, 0.25) is 0 Å². The highest BCUT2D eigenvalue weighted by molar-refractivity contribution is 9.10. The van der Waals surface area contributed by atoms with Gasteiger partial charge < -0.3 is 9.88 Å². The van der Waals surface area contributed by atoms with Crippen LogP contribution in [-0.2, 0) is 11.2 Å². The number of hydrogen-bond donors (Lipinski definition) is 1. The van der Waals surface area contributed by atoms with Gasteiger partial charge in [-0.15, -0.1) is 0 Å². The number of alkyl halides is 2. The van der Waals surface area contributed by atoms with Crippen molar-refractivity contribution in [3.8, 4) is 0 Å². The molecular formula is C14H15BrF2N2O2. The summed E-state index contributed by atoms with van der Waals surface area (Å²) in [5, 5.41) is 0.